The number of nitrogens with two attached hydrogens (primary N) is 1. The van der Waals surface area contributed by atoms with Gasteiger partial charge in [0.2, 0.25) is 0 Å². The highest BCUT2D eigenvalue weighted by atomic mass is 19.1. The number of rotatable bonds is 3. The number of anilines is 1. The number of nitrogen functional groups attached to an aromatic ring is 1. The van der Waals surface area contributed by atoms with Gasteiger partial charge in [-0.1, -0.05) is 19.8 Å². The fourth-order valence-electron chi connectivity index (χ4n) is 2.57. The van der Waals surface area contributed by atoms with Crippen LogP contribution in [0.3, 0.4) is 0 Å². The highest BCUT2D eigenvalue weighted by Gasteiger charge is 2.19. The van der Waals surface area contributed by atoms with Crippen molar-refractivity contribution in [2.24, 2.45) is 11.8 Å². The van der Waals surface area contributed by atoms with Gasteiger partial charge in [-0.3, -0.25) is 0 Å². The minimum Gasteiger partial charge on any atom is -0.491 e. The fraction of sp³-hybridized carbons (Fsp3) is 0.571. The van der Waals surface area contributed by atoms with Crippen LogP contribution in [0.1, 0.15) is 32.6 Å². The van der Waals surface area contributed by atoms with Crippen molar-refractivity contribution in [1.29, 1.82) is 0 Å². The molecule has 0 amide bonds. The van der Waals surface area contributed by atoms with Crippen molar-refractivity contribution in [3.05, 3.63) is 24.0 Å². The number of halogens is 1. The van der Waals surface area contributed by atoms with E-state index in [0.29, 0.717) is 24.0 Å². The van der Waals surface area contributed by atoms with Crippen molar-refractivity contribution >= 4 is 5.69 Å². The van der Waals surface area contributed by atoms with Crippen molar-refractivity contribution in [3.8, 4) is 5.75 Å². The maximum absolute atomic E-state index is 12.9. The third kappa shape index (κ3) is 3.35. The van der Waals surface area contributed by atoms with Crippen LogP contribution in [-0.2, 0) is 0 Å². The first kappa shape index (κ1) is 12.2. The summed E-state index contributed by atoms with van der Waals surface area (Å²) in [5, 5.41) is 0. The summed E-state index contributed by atoms with van der Waals surface area (Å²) in [4.78, 5) is 0. The van der Waals surface area contributed by atoms with Gasteiger partial charge in [-0.05, 0) is 36.8 Å². The summed E-state index contributed by atoms with van der Waals surface area (Å²) < 4.78 is 18.5. The van der Waals surface area contributed by atoms with Gasteiger partial charge in [-0.2, -0.15) is 0 Å². The number of ether oxygens (including phenoxy) is 1. The Balaban J connectivity index is 1.88. The SMILES string of the molecule is CC1CCCC(COc2ccc(F)cc2N)C1. The van der Waals surface area contributed by atoms with Crippen LogP contribution in [0.5, 0.6) is 5.75 Å². The smallest absolute Gasteiger partial charge is 0.142 e. The molecule has 2 N–H and O–H groups in total. The van der Waals surface area contributed by atoms with Crippen LogP contribution < -0.4 is 10.5 Å². The maximum Gasteiger partial charge on any atom is 0.142 e. The largest absolute Gasteiger partial charge is 0.491 e. The first-order valence-corrected chi connectivity index (χ1v) is 6.33. The second-order valence-electron chi connectivity index (χ2n) is 5.13. The molecule has 2 rings (SSSR count). The first-order chi connectivity index (χ1) is 8.15. The van der Waals surface area contributed by atoms with Crippen molar-refractivity contribution in [1.82, 2.24) is 0 Å². The van der Waals surface area contributed by atoms with Crippen LogP contribution in [0.25, 0.3) is 0 Å². The Bertz CT molecular complexity index is 380. The molecule has 0 heterocycles. The Morgan fingerprint density at radius 1 is 1.41 bits per heavy atom. The second-order valence-corrected chi connectivity index (χ2v) is 5.13. The predicted molar refractivity (Wildman–Crippen MR) is 67.4 cm³/mol. The van der Waals surface area contributed by atoms with Gasteiger partial charge in [-0.15, -0.1) is 0 Å². The Morgan fingerprint density at radius 2 is 2.24 bits per heavy atom. The highest BCUT2D eigenvalue weighted by molar-refractivity contribution is 5.52. The monoisotopic (exact) mass is 237 g/mol. The molecule has 3 heteroatoms. The number of benzene rings is 1. The van der Waals surface area contributed by atoms with E-state index in [4.69, 9.17) is 10.5 Å². The average Bonchev–Trinajstić information content (AvgIpc) is 2.28. The molecule has 0 spiro atoms. The van der Waals surface area contributed by atoms with Gasteiger partial charge < -0.3 is 10.5 Å². The fourth-order valence-corrected chi connectivity index (χ4v) is 2.57. The van der Waals surface area contributed by atoms with Crippen LogP contribution in [0, 0.1) is 17.7 Å². The minimum absolute atomic E-state index is 0.318. The third-order valence-electron chi connectivity index (χ3n) is 3.49. The van der Waals surface area contributed by atoms with Crippen LogP contribution in [0.2, 0.25) is 0 Å². The summed E-state index contributed by atoms with van der Waals surface area (Å²) in [6, 6.07) is 4.30. The molecule has 1 aliphatic rings. The maximum atomic E-state index is 12.9. The Hall–Kier alpha value is -1.25. The van der Waals surface area contributed by atoms with Gasteiger partial charge in [-0.25, -0.2) is 4.39 Å². The quantitative estimate of drug-likeness (QED) is 0.815. The average molecular weight is 237 g/mol. The molecule has 1 aromatic rings. The van der Waals surface area contributed by atoms with E-state index in [-0.39, 0.29) is 5.82 Å². The van der Waals surface area contributed by atoms with Gasteiger partial charge in [0.05, 0.1) is 12.3 Å². The zero-order valence-electron chi connectivity index (χ0n) is 10.3. The van der Waals surface area contributed by atoms with Gasteiger partial charge in [0.15, 0.2) is 0 Å². The van der Waals surface area contributed by atoms with Crippen molar-refractivity contribution in [2.75, 3.05) is 12.3 Å². The zero-order valence-corrected chi connectivity index (χ0v) is 10.3. The van der Waals surface area contributed by atoms with E-state index in [2.05, 4.69) is 6.92 Å². The Labute approximate surface area is 102 Å². The molecule has 2 atom stereocenters. The molecule has 1 aliphatic carbocycles. The zero-order chi connectivity index (χ0) is 12.3. The van der Waals surface area contributed by atoms with Crippen LogP contribution in [-0.4, -0.2) is 6.61 Å². The molecular weight excluding hydrogens is 217 g/mol. The molecule has 0 radical (unpaired) electrons. The minimum atomic E-state index is -0.318. The molecule has 2 unspecified atom stereocenters. The molecule has 17 heavy (non-hydrogen) atoms. The van der Waals surface area contributed by atoms with E-state index in [1.54, 1.807) is 6.07 Å². The van der Waals surface area contributed by atoms with Crippen LogP contribution in [0.15, 0.2) is 18.2 Å². The predicted octanol–water partition coefficient (Wildman–Crippen LogP) is 3.61. The van der Waals surface area contributed by atoms with E-state index < -0.39 is 0 Å². The van der Waals surface area contributed by atoms with Crippen LogP contribution >= 0.6 is 0 Å². The van der Waals surface area contributed by atoms with E-state index in [1.807, 2.05) is 0 Å². The van der Waals surface area contributed by atoms with E-state index in [9.17, 15) is 4.39 Å². The lowest BCUT2D eigenvalue weighted by atomic mass is 9.83. The normalized spacial score (nSPS) is 24.6. The summed E-state index contributed by atoms with van der Waals surface area (Å²) in [5.41, 5.74) is 6.08. The van der Waals surface area contributed by atoms with Gasteiger partial charge in [0.1, 0.15) is 11.6 Å². The van der Waals surface area contributed by atoms with Crippen LogP contribution in [0.4, 0.5) is 10.1 Å². The first-order valence-electron chi connectivity index (χ1n) is 6.33. The molecule has 1 aromatic carbocycles. The van der Waals surface area contributed by atoms with Crippen molar-refractivity contribution < 1.29 is 9.13 Å². The number of hydrogen-bond acceptors (Lipinski definition) is 2. The lowest BCUT2D eigenvalue weighted by molar-refractivity contribution is 0.183. The molecule has 0 aliphatic heterocycles. The molecule has 0 aromatic heterocycles. The molecule has 2 nitrogen and oxygen atoms in total. The van der Waals surface area contributed by atoms with Crippen molar-refractivity contribution in [2.45, 2.75) is 32.6 Å². The van der Waals surface area contributed by atoms with E-state index >= 15 is 0 Å². The Morgan fingerprint density at radius 3 is 2.94 bits per heavy atom. The molecule has 1 fully saturated rings. The summed E-state index contributed by atoms with van der Waals surface area (Å²) in [7, 11) is 0. The van der Waals surface area contributed by atoms with Crippen molar-refractivity contribution in [3.63, 3.8) is 0 Å². The number of hydrogen-bond donors (Lipinski definition) is 1. The summed E-state index contributed by atoms with van der Waals surface area (Å²) >= 11 is 0. The van der Waals surface area contributed by atoms with E-state index in [0.717, 1.165) is 5.92 Å². The van der Waals surface area contributed by atoms with Gasteiger partial charge >= 0.3 is 0 Å². The highest BCUT2D eigenvalue weighted by Crippen LogP contribution is 2.30. The molecule has 0 saturated heterocycles. The van der Waals surface area contributed by atoms with Gasteiger partial charge in [0, 0.05) is 6.07 Å². The molecular formula is C14H20FNO. The Kier molecular flexibility index (Phi) is 3.87. The van der Waals surface area contributed by atoms with Gasteiger partial charge in [0.25, 0.3) is 0 Å². The summed E-state index contributed by atoms with van der Waals surface area (Å²) in [6.07, 6.45) is 5.07. The van der Waals surface area contributed by atoms with E-state index in [1.165, 1.54) is 37.8 Å². The third-order valence-corrected chi connectivity index (χ3v) is 3.49. The lowest BCUT2D eigenvalue weighted by Crippen LogP contribution is -2.19. The molecule has 0 bridgehead atoms. The summed E-state index contributed by atoms with van der Waals surface area (Å²) in [5.74, 6) is 1.69. The molecule has 94 valence electrons. The topological polar surface area (TPSA) is 35.2 Å². The summed E-state index contributed by atoms with van der Waals surface area (Å²) in [6.45, 7) is 2.98. The standard InChI is InChI=1S/C14H20FNO/c1-10-3-2-4-11(7-10)9-17-14-6-5-12(15)8-13(14)16/h5-6,8,10-11H,2-4,7,9,16H2,1H3. The lowest BCUT2D eigenvalue weighted by Gasteiger charge is -2.26. The second kappa shape index (κ2) is 5.39. The molecule has 1 saturated carbocycles.